The molecule has 0 spiro atoms. The van der Waals surface area contributed by atoms with Crippen LogP contribution in [0.4, 0.5) is 8.78 Å². The summed E-state index contributed by atoms with van der Waals surface area (Å²) in [5.41, 5.74) is 1.01. The molecule has 0 bridgehead atoms. The highest BCUT2D eigenvalue weighted by molar-refractivity contribution is 9.10. The summed E-state index contributed by atoms with van der Waals surface area (Å²) in [4.78, 5) is 0. The van der Waals surface area contributed by atoms with Crippen molar-refractivity contribution >= 4 is 15.9 Å². The lowest BCUT2D eigenvalue weighted by atomic mass is 10.1. The van der Waals surface area contributed by atoms with Crippen LogP contribution in [0.1, 0.15) is 11.1 Å². The molecule has 2 rings (SSSR count). The molecule has 100 valence electrons. The molecule has 1 nitrogen and oxygen atoms in total. The Kier molecular flexibility index (Phi) is 4.66. The summed E-state index contributed by atoms with van der Waals surface area (Å²) in [6.07, 6.45) is 0. The van der Waals surface area contributed by atoms with Gasteiger partial charge in [-0.2, -0.15) is 8.78 Å². The lowest BCUT2D eigenvalue weighted by Crippen LogP contribution is -2.30. The van der Waals surface area contributed by atoms with Gasteiger partial charge in [0.15, 0.2) is 0 Å². The maximum absolute atomic E-state index is 13.9. The summed E-state index contributed by atoms with van der Waals surface area (Å²) in [6, 6.07) is 15.5. The Labute approximate surface area is 119 Å². The van der Waals surface area contributed by atoms with Gasteiger partial charge in [-0.1, -0.05) is 58.4 Å². The van der Waals surface area contributed by atoms with E-state index in [0.717, 1.165) is 10.0 Å². The minimum atomic E-state index is -2.85. The van der Waals surface area contributed by atoms with Crippen LogP contribution in [-0.2, 0) is 12.5 Å². The topological polar surface area (TPSA) is 12.0 Å². The summed E-state index contributed by atoms with van der Waals surface area (Å²) in [5, 5.41) is 2.80. The van der Waals surface area contributed by atoms with Crippen LogP contribution in [-0.4, -0.2) is 6.54 Å². The molecule has 0 aliphatic carbocycles. The number of hydrogen-bond acceptors (Lipinski definition) is 1. The van der Waals surface area contributed by atoms with E-state index in [2.05, 4.69) is 21.2 Å². The summed E-state index contributed by atoms with van der Waals surface area (Å²) in [6.45, 7) is 0.0470. The zero-order chi connectivity index (χ0) is 13.7. The number of halogens is 3. The van der Waals surface area contributed by atoms with Gasteiger partial charge >= 0.3 is 0 Å². The molecular formula is C15H14BrF2N. The lowest BCUT2D eigenvalue weighted by Gasteiger charge is -2.17. The molecule has 0 heterocycles. The van der Waals surface area contributed by atoms with Crippen molar-refractivity contribution in [3.63, 3.8) is 0 Å². The molecule has 0 amide bonds. The maximum Gasteiger partial charge on any atom is 0.285 e. The molecule has 2 aromatic rings. The summed E-state index contributed by atoms with van der Waals surface area (Å²) in [5.74, 6) is -2.85. The summed E-state index contributed by atoms with van der Waals surface area (Å²) in [7, 11) is 0. The quantitative estimate of drug-likeness (QED) is 0.862. The predicted octanol–water partition coefficient (Wildman–Crippen LogP) is 4.33. The van der Waals surface area contributed by atoms with Gasteiger partial charge in [0, 0.05) is 16.6 Å². The fourth-order valence-electron chi connectivity index (χ4n) is 1.79. The van der Waals surface area contributed by atoms with Crippen LogP contribution in [0.15, 0.2) is 59.1 Å². The van der Waals surface area contributed by atoms with Crippen LogP contribution in [0.2, 0.25) is 0 Å². The van der Waals surface area contributed by atoms with E-state index in [0.29, 0.717) is 6.54 Å². The molecule has 0 aliphatic heterocycles. The van der Waals surface area contributed by atoms with E-state index < -0.39 is 5.92 Å². The Bertz CT molecular complexity index is 529. The molecule has 2 aromatic carbocycles. The highest BCUT2D eigenvalue weighted by Crippen LogP contribution is 2.26. The third-order valence-corrected chi connectivity index (χ3v) is 3.25. The van der Waals surface area contributed by atoms with Crippen LogP contribution in [0.25, 0.3) is 0 Å². The zero-order valence-electron chi connectivity index (χ0n) is 10.2. The first-order valence-corrected chi connectivity index (χ1v) is 6.76. The minimum absolute atomic E-state index is 0.0387. The van der Waals surface area contributed by atoms with Gasteiger partial charge in [0.2, 0.25) is 0 Å². The zero-order valence-corrected chi connectivity index (χ0v) is 11.8. The first kappa shape index (κ1) is 14.2. The molecule has 0 atom stereocenters. The van der Waals surface area contributed by atoms with Gasteiger partial charge in [0.05, 0.1) is 6.54 Å². The molecule has 0 fully saturated rings. The average molecular weight is 326 g/mol. The standard InChI is InChI=1S/C15H14BrF2N/c16-14-8-4-5-12(9-14)10-19-11-15(17,18)13-6-2-1-3-7-13/h1-9,19H,10-11H2. The van der Waals surface area contributed by atoms with Crippen LogP contribution < -0.4 is 5.32 Å². The molecule has 0 aromatic heterocycles. The third-order valence-electron chi connectivity index (χ3n) is 2.76. The molecule has 0 aliphatic rings. The van der Waals surface area contributed by atoms with E-state index in [9.17, 15) is 8.78 Å². The Balaban J connectivity index is 1.92. The van der Waals surface area contributed by atoms with Gasteiger partial charge in [-0.15, -0.1) is 0 Å². The lowest BCUT2D eigenvalue weighted by molar-refractivity contribution is -0.00343. The highest BCUT2D eigenvalue weighted by atomic mass is 79.9. The number of benzene rings is 2. The summed E-state index contributed by atoms with van der Waals surface area (Å²) >= 11 is 3.35. The van der Waals surface area contributed by atoms with Crippen molar-refractivity contribution < 1.29 is 8.78 Å². The van der Waals surface area contributed by atoms with Gasteiger partial charge < -0.3 is 5.32 Å². The Morgan fingerprint density at radius 3 is 2.42 bits per heavy atom. The van der Waals surface area contributed by atoms with Gasteiger partial charge in [-0.25, -0.2) is 0 Å². The predicted molar refractivity (Wildman–Crippen MR) is 76.2 cm³/mol. The molecule has 0 saturated carbocycles. The van der Waals surface area contributed by atoms with Crippen molar-refractivity contribution in [3.8, 4) is 0 Å². The maximum atomic E-state index is 13.9. The van der Waals surface area contributed by atoms with Gasteiger partial charge in [0.1, 0.15) is 0 Å². The van der Waals surface area contributed by atoms with Crippen LogP contribution >= 0.6 is 15.9 Å². The Hall–Kier alpha value is -1.26. The first-order valence-electron chi connectivity index (χ1n) is 5.96. The second-order valence-electron chi connectivity index (χ2n) is 4.30. The third kappa shape index (κ3) is 4.11. The normalized spacial score (nSPS) is 11.5. The van der Waals surface area contributed by atoms with Crippen molar-refractivity contribution in [2.24, 2.45) is 0 Å². The van der Waals surface area contributed by atoms with Crippen molar-refractivity contribution in [2.45, 2.75) is 12.5 Å². The first-order chi connectivity index (χ1) is 9.08. The second kappa shape index (κ2) is 6.26. The van der Waals surface area contributed by atoms with Crippen LogP contribution in [0.5, 0.6) is 0 Å². The largest absolute Gasteiger partial charge is 0.307 e. The average Bonchev–Trinajstić information content (AvgIpc) is 2.40. The second-order valence-corrected chi connectivity index (χ2v) is 5.22. The molecule has 0 saturated heterocycles. The van der Waals surface area contributed by atoms with Gasteiger partial charge in [-0.05, 0) is 17.7 Å². The van der Waals surface area contributed by atoms with E-state index in [1.54, 1.807) is 18.2 Å². The Morgan fingerprint density at radius 1 is 1.00 bits per heavy atom. The van der Waals surface area contributed by atoms with E-state index in [-0.39, 0.29) is 12.1 Å². The van der Waals surface area contributed by atoms with Crippen molar-refractivity contribution in [2.75, 3.05) is 6.54 Å². The smallest absolute Gasteiger partial charge is 0.285 e. The molecular weight excluding hydrogens is 312 g/mol. The molecule has 19 heavy (non-hydrogen) atoms. The monoisotopic (exact) mass is 325 g/mol. The van der Waals surface area contributed by atoms with Crippen molar-refractivity contribution in [1.82, 2.24) is 5.32 Å². The van der Waals surface area contributed by atoms with Gasteiger partial charge in [-0.3, -0.25) is 0 Å². The Morgan fingerprint density at radius 2 is 1.74 bits per heavy atom. The molecule has 4 heteroatoms. The fraction of sp³-hybridized carbons (Fsp3) is 0.200. The number of hydrogen-bond donors (Lipinski definition) is 1. The van der Waals surface area contributed by atoms with Crippen LogP contribution in [0.3, 0.4) is 0 Å². The number of rotatable bonds is 5. The number of nitrogens with one attached hydrogen (secondary N) is 1. The molecule has 0 radical (unpaired) electrons. The van der Waals surface area contributed by atoms with Crippen molar-refractivity contribution in [3.05, 3.63) is 70.2 Å². The van der Waals surface area contributed by atoms with Crippen molar-refractivity contribution in [1.29, 1.82) is 0 Å². The minimum Gasteiger partial charge on any atom is -0.307 e. The number of alkyl halides is 2. The van der Waals surface area contributed by atoms with E-state index in [1.165, 1.54) is 12.1 Å². The summed E-state index contributed by atoms with van der Waals surface area (Å²) < 4.78 is 28.7. The molecule has 0 unspecified atom stereocenters. The van der Waals surface area contributed by atoms with E-state index in [4.69, 9.17) is 0 Å². The van der Waals surface area contributed by atoms with Gasteiger partial charge in [0.25, 0.3) is 5.92 Å². The fourth-order valence-corrected chi connectivity index (χ4v) is 2.24. The SMILES string of the molecule is FC(F)(CNCc1cccc(Br)c1)c1ccccc1. The highest BCUT2D eigenvalue weighted by Gasteiger charge is 2.30. The van der Waals surface area contributed by atoms with Crippen LogP contribution in [0, 0.1) is 0 Å². The van der Waals surface area contributed by atoms with E-state index >= 15 is 0 Å². The molecule has 1 N–H and O–H groups in total. The van der Waals surface area contributed by atoms with E-state index in [1.807, 2.05) is 24.3 Å².